The van der Waals surface area contributed by atoms with Crippen LogP contribution in [0.1, 0.15) is 28.8 Å². The van der Waals surface area contributed by atoms with Crippen molar-refractivity contribution in [2.24, 2.45) is 0 Å². The Hall–Kier alpha value is -2.34. The number of fused-ring (bicyclic) bond motifs is 1. The van der Waals surface area contributed by atoms with Crippen LogP contribution >= 0.6 is 0 Å². The average molecular weight is 316 g/mol. The fraction of sp³-hybridized carbons (Fsp3) is 0.412. The van der Waals surface area contributed by atoms with Gasteiger partial charge in [-0.2, -0.15) is 0 Å². The summed E-state index contributed by atoms with van der Waals surface area (Å²) in [5.41, 5.74) is 0.584. The first-order valence-corrected chi connectivity index (χ1v) is 7.61. The SMILES string of the molecule is COC(=O)C=Cc1ccc2c(c1)C(=O)NC1(CCCN(C)C1)O2. The fourth-order valence-corrected chi connectivity index (χ4v) is 3.07. The van der Waals surface area contributed by atoms with Crippen molar-refractivity contribution < 1.29 is 19.1 Å². The van der Waals surface area contributed by atoms with Crippen molar-refractivity contribution in [3.05, 3.63) is 35.4 Å². The van der Waals surface area contributed by atoms with Crippen LogP contribution in [0, 0.1) is 0 Å². The zero-order valence-electron chi connectivity index (χ0n) is 13.3. The van der Waals surface area contributed by atoms with Crippen LogP contribution < -0.4 is 10.1 Å². The second kappa shape index (κ2) is 6.04. The van der Waals surface area contributed by atoms with E-state index in [-0.39, 0.29) is 5.91 Å². The third-order valence-electron chi connectivity index (χ3n) is 4.15. The summed E-state index contributed by atoms with van der Waals surface area (Å²) in [5.74, 6) is 0.00162. The molecule has 1 fully saturated rings. The Balaban J connectivity index is 1.85. The number of nitrogens with one attached hydrogen (secondary N) is 1. The molecule has 2 heterocycles. The minimum Gasteiger partial charge on any atom is -0.466 e. The van der Waals surface area contributed by atoms with Crippen molar-refractivity contribution in [3.63, 3.8) is 0 Å². The van der Waals surface area contributed by atoms with Gasteiger partial charge in [0, 0.05) is 12.5 Å². The van der Waals surface area contributed by atoms with Crippen LogP contribution in [0.5, 0.6) is 5.75 Å². The van der Waals surface area contributed by atoms with Gasteiger partial charge >= 0.3 is 5.97 Å². The summed E-state index contributed by atoms with van der Waals surface area (Å²) < 4.78 is 10.7. The third kappa shape index (κ3) is 3.22. The van der Waals surface area contributed by atoms with Crippen molar-refractivity contribution in [1.82, 2.24) is 10.2 Å². The zero-order chi connectivity index (χ0) is 16.4. The molecular weight excluding hydrogens is 296 g/mol. The number of likely N-dealkylation sites (tertiary alicyclic amines) is 1. The Bertz CT molecular complexity index is 671. The molecule has 23 heavy (non-hydrogen) atoms. The Morgan fingerprint density at radius 2 is 2.30 bits per heavy atom. The largest absolute Gasteiger partial charge is 0.466 e. The lowest BCUT2D eigenvalue weighted by atomic mass is 9.97. The van der Waals surface area contributed by atoms with Crippen LogP contribution in [0.3, 0.4) is 0 Å². The van der Waals surface area contributed by atoms with E-state index in [2.05, 4.69) is 15.0 Å². The molecule has 2 aliphatic rings. The lowest BCUT2D eigenvalue weighted by Crippen LogP contribution is -2.63. The van der Waals surface area contributed by atoms with Gasteiger partial charge in [0.05, 0.1) is 19.2 Å². The number of hydrogen-bond donors (Lipinski definition) is 1. The van der Waals surface area contributed by atoms with E-state index in [1.165, 1.54) is 13.2 Å². The molecule has 6 nitrogen and oxygen atoms in total. The van der Waals surface area contributed by atoms with Gasteiger partial charge < -0.3 is 19.7 Å². The van der Waals surface area contributed by atoms with Gasteiger partial charge in [-0.05, 0) is 43.8 Å². The number of hydrogen-bond acceptors (Lipinski definition) is 5. The molecule has 0 radical (unpaired) electrons. The van der Waals surface area contributed by atoms with Crippen LogP contribution in [-0.4, -0.2) is 49.7 Å². The highest BCUT2D eigenvalue weighted by Gasteiger charge is 2.42. The molecule has 1 saturated heterocycles. The molecule has 0 aliphatic carbocycles. The van der Waals surface area contributed by atoms with E-state index < -0.39 is 11.7 Å². The molecule has 1 aromatic carbocycles. The summed E-state index contributed by atoms with van der Waals surface area (Å²) >= 11 is 0. The maximum Gasteiger partial charge on any atom is 0.330 e. The van der Waals surface area contributed by atoms with Crippen LogP contribution in [-0.2, 0) is 9.53 Å². The molecule has 1 N–H and O–H groups in total. The number of carbonyl (C=O) groups excluding carboxylic acids is 2. The van der Waals surface area contributed by atoms with Crippen molar-refractivity contribution in [2.75, 3.05) is 27.2 Å². The van der Waals surface area contributed by atoms with Crippen LogP contribution in [0.2, 0.25) is 0 Å². The molecule has 1 amide bonds. The Morgan fingerprint density at radius 3 is 3.04 bits per heavy atom. The quantitative estimate of drug-likeness (QED) is 0.660. The number of piperidine rings is 1. The Labute approximate surface area is 135 Å². The number of amides is 1. The predicted octanol–water partition coefficient (Wildman–Crippen LogP) is 1.42. The maximum atomic E-state index is 12.5. The number of methoxy groups -OCH3 is 1. The molecule has 0 bridgehead atoms. The van der Waals surface area contributed by atoms with Gasteiger partial charge in [0.1, 0.15) is 5.75 Å². The number of rotatable bonds is 2. The monoisotopic (exact) mass is 316 g/mol. The highest BCUT2D eigenvalue weighted by molar-refractivity contribution is 5.99. The van der Waals surface area contributed by atoms with Crippen LogP contribution in [0.25, 0.3) is 6.08 Å². The number of ether oxygens (including phenoxy) is 2. The first kappa shape index (κ1) is 15.6. The number of likely N-dealkylation sites (N-methyl/N-ethyl adjacent to an activating group) is 1. The van der Waals surface area contributed by atoms with E-state index in [1.54, 1.807) is 18.2 Å². The molecule has 1 atom stereocenters. The van der Waals surface area contributed by atoms with Crippen molar-refractivity contribution in [2.45, 2.75) is 18.6 Å². The molecule has 3 rings (SSSR count). The highest BCUT2D eigenvalue weighted by Crippen LogP contribution is 2.33. The minimum atomic E-state index is -0.638. The van der Waals surface area contributed by atoms with E-state index in [9.17, 15) is 9.59 Å². The van der Waals surface area contributed by atoms with Gasteiger partial charge in [-0.25, -0.2) is 4.79 Å². The molecular formula is C17H20N2O4. The van der Waals surface area contributed by atoms with Crippen molar-refractivity contribution in [1.29, 1.82) is 0 Å². The molecule has 1 unspecified atom stereocenters. The molecule has 1 spiro atoms. The number of benzene rings is 1. The molecule has 0 saturated carbocycles. The van der Waals surface area contributed by atoms with E-state index >= 15 is 0 Å². The molecule has 6 heteroatoms. The molecule has 0 aromatic heterocycles. The molecule has 2 aliphatic heterocycles. The van der Waals surface area contributed by atoms with Gasteiger partial charge in [-0.15, -0.1) is 0 Å². The normalized spacial score (nSPS) is 24.2. The van der Waals surface area contributed by atoms with Gasteiger partial charge in [0.15, 0.2) is 5.72 Å². The van der Waals surface area contributed by atoms with Gasteiger partial charge in [0.2, 0.25) is 0 Å². The maximum absolute atomic E-state index is 12.5. The lowest BCUT2D eigenvalue weighted by Gasteiger charge is -2.44. The second-order valence-electron chi connectivity index (χ2n) is 6.00. The first-order chi connectivity index (χ1) is 11.0. The summed E-state index contributed by atoms with van der Waals surface area (Å²) in [6.07, 6.45) is 4.71. The Kier molecular flexibility index (Phi) is 4.09. The summed E-state index contributed by atoms with van der Waals surface area (Å²) in [7, 11) is 3.34. The number of esters is 1. The van der Waals surface area contributed by atoms with Crippen LogP contribution in [0.15, 0.2) is 24.3 Å². The van der Waals surface area contributed by atoms with Crippen molar-refractivity contribution >= 4 is 18.0 Å². The zero-order valence-corrected chi connectivity index (χ0v) is 13.3. The standard InChI is InChI=1S/C17H20N2O4/c1-19-9-3-8-17(11-19)18-16(21)13-10-12(4-6-14(13)23-17)5-7-15(20)22-2/h4-7,10H,3,8-9,11H2,1-2H3,(H,18,21). The van der Waals surface area contributed by atoms with E-state index in [4.69, 9.17) is 4.74 Å². The van der Waals surface area contributed by atoms with Crippen LogP contribution in [0.4, 0.5) is 0 Å². The average Bonchev–Trinajstić information content (AvgIpc) is 2.52. The smallest absolute Gasteiger partial charge is 0.330 e. The topological polar surface area (TPSA) is 67.9 Å². The summed E-state index contributed by atoms with van der Waals surface area (Å²) in [6.45, 7) is 1.67. The highest BCUT2D eigenvalue weighted by atomic mass is 16.5. The predicted molar refractivity (Wildman–Crippen MR) is 85.0 cm³/mol. The van der Waals surface area contributed by atoms with Gasteiger partial charge in [-0.1, -0.05) is 6.07 Å². The summed E-state index contributed by atoms with van der Waals surface area (Å²) in [4.78, 5) is 25.8. The van der Waals surface area contributed by atoms with E-state index in [1.807, 2.05) is 13.1 Å². The molecule has 122 valence electrons. The van der Waals surface area contributed by atoms with Crippen molar-refractivity contribution in [3.8, 4) is 5.75 Å². The first-order valence-electron chi connectivity index (χ1n) is 7.61. The Morgan fingerprint density at radius 1 is 1.48 bits per heavy atom. The van der Waals surface area contributed by atoms with Gasteiger partial charge in [-0.3, -0.25) is 4.79 Å². The summed E-state index contributed by atoms with van der Waals surface area (Å²) in [5, 5.41) is 3.00. The molecule has 1 aromatic rings. The van der Waals surface area contributed by atoms with Gasteiger partial charge in [0.25, 0.3) is 5.91 Å². The summed E-state index contributed by atoms with van der Waals surface area (Å²) in [6, 6.07) is 5.31. The van der Waals surface area contributed by atoms with E-state index in [0.717, 1.165) is 24.9 Å². The number of nitrogens with zero attached hydrogens (tertiary/aromatic N) is 1. The lowest BCUT2D eigenvalue weighted by molar-refractivity contribution is -0.134. The van der Waals surface area contributed by atoms with E-state index in [0.29, 0.717) is 17.9 Å². The minimum absolute atomic E-state index is 0.144. The number of carbonyl (C=O) groups is 2. The third-order valence-corrected chi connectivity index (χ3v) is 4.15. The fourth-order valence-electron chi connectivity index (χ4n) is 3.07. The second-order valence-corrected chi connectivity index (χ2v) is 6.00.